The molecule has 0 aliphatic rings. The molecule has 0 aliphatic heterocycles. The smallest absolute Gasteiger partial charge is 0.340 e. The van der Waals surface area contributed by atoms with E-state index in [1.165, 1.54) is 57.4 Å². The van der Waals surface area contributed by atoms with Gasteiger partial charge in [0, 0.05) is 21.8 Å². The summed E-state index contributed by atoms with van der Waals surface area (Å²) in [4.78, 5) is 26.6. The molecule has 1 amide bonds. The van der Waals surface area contributed by atoms with E-state index in [0.717, 1.165) is 30.0 Å². The Kier molecular flexibility index (Phi) is 12.7. The van der Waals surface area contributed by atoms with Gasteiger partial charge in [0.1, 0.15) is 11.4 Å². The highest BCUT2D eigenvalue weighted by atomic mass is 16.5. The lowest BCUT2D eigenvalue weighted by Crippen LogP contribution is -2.12. The average Bonchev–Trinajstić information content (AvgIpc) is 3.12. The molecule has 7 nitrogen and oxygen atoms in total. The summed E-state index contributed by atoms with van der Waals surface area (Å²) in [5.74, 6) is -1.06. The van der Waals surface area contributed by atoms with E-state index >= 15 is 0 Å². The fraction of sp³-hybridized carbons (Fsp3) is 0.317. The van der Waals surface area contributed by atoms with Crippen LogP contribution in [0.2, 0.25) is 0 Å². The topological polar surface area (TPSA) is 100 Å². The Morgan fingerprint density at radius 3 is 1.96 bits per heavy atom. The van der Waals surface area contributed by atoms with Crippen molar-refractivity contribution in [3.8, 4) is 5.75 Å². The van der Waals surface area contributed by atoms with E-state index in [2.05, 4.69) is 22.5 Å². The Morgan fingerprint density at radius 1 is 0.625 bits per heavy atom. The molecular formula is C41H45N3O4. The number of amides is 1. The molecule has 0 atom stereocenters. The van der Waals surface area contributed by atoms with Crippen LogP contribution in [0, 0.1) is 0 Å². The Bertz CT molecular complexity index is 1860. The van der Waals surface area contributed by atoms with Crippen LogP contribution in [0.15, 0.2) is 107 Å². The number of nitrogens with zero attached hydrogens (tertiary/aromatic N) is 2. The number of anilines is 1. The minimum absolute atomic E-state index is 0.0650. The standard InChI is InChI=1S/C41H45N3O4/c1-2-3-4-5-6-7-8-9-10-11-18-28-48-41(47)34-25-16-17-26-37(34)43-44-38-29-35(39(45)33-24-15-14-23-32(33)38)40(46)42-36-27-19-21-30-20-12-13-22-31(30)36/h12-17,19-27,29,45H,2-11,18,28H2,1H3,(H,42,46). The Morgan fingerprint density at radius 2 is 1.21 bits per heavy atom. The minimum atomic E-state index is -0.475. The van der Waals surface area contributed by atoms with E-state index in [1.54, 1.807) is 36.4 Å². The van der Waals surface area contributed by atoms with Crippen molar-refractivity contribution < 1.29 is 19.4 Å². The molecular weight excluding hydrogens is 598 g/mol. The maximum Gasteiger partial charge on any atom is 0.340 e. The molecule has 0 heterocycles. The van der Waals surface area contributed by atoms with Gasteiger partial charge in [0.05, 0.1) is 23.4 Å². The van der Waals surface area contributed by atoms with Crippen LogP contribution in [-0.2, 0) is 4.74 Å². The first-order valence-electron chi connectivity index (χ1n) is 17.3. The van der Waals surface area contributed by atoms with Gasteiger partial charge in [-0.05, 0) is 36.1 Å². The van der Waals surface area contributed by atoms with Crippen LogP contribution in [0.25, 0.3) is 21.5 Å². The van der Waals surface area contributed by atoms with E-state index in [0.29, 0.717) is 40.0 Å². The van der Waals surface area contributed by atoms with Crippen molar-refractivity contribution in [2.45, 2.75) is 77.6 Å². The van der Waals surface area contributed by atoms with Gasteiger partial charge in [-0.15, -0.1) is 10.2 Å². The molecule has 0 bridgehead atoms. The highest BCUT2D eigenvalue weighted by Crippen LogP contribution is 2.38. The maximum atomic E-state index is 13.5. The molecule has 5 aromatic rings. The lowest BCUT2D eigenvalue weighted by molar-refractivity contribution is 0.0498. The van der Waals surface area contributed by atoms with Gasteiger partial charge in [0.25, 0.3) is 5.91 Å². The molecule has 5 rings (SSSR count). The number of phenols is 1. The Labute approximate surface area is 283 Å². The number of rotatable bonds is 17. The second-order valence-electron chi connectivity index (χ2n) is 12.2. The Hall–Kier alpha value is -5.04. The lowest BCUT2D eigenvalue weighted by atomic mass is 10.0. The van der Waals surface area contributed by atoms with Gasteiger partial charge >= 0.3 is 5.97 Å². The zero-order valence-corrected chi connectivity index (χ0v) is 27.8. The fourth-order valence-electron chi connectivity index (χ4n) is 5.97. The molecule has 0 spiro atoms. The van der Waals surface area contributed by atoms with Crippen molar-refractivity contribution in [1.29, 1.82) is 0 Å². The van der Waals surface area contributed by atoms with Crippen LogP contribution < -0.4 is 5.32 Å². The monoisotopic (exact) mass is 643 g/mol. The number of benzene rings is 5. The number of hydrogen-bond donors (Lipinski definition) is 2. The van der Waals surface area contributed by atoms with E-state index < -0.39 is 11.9 Å². The van der Waals surface area contributed by atoms with Crippen LogP contribution in [0.4, 0.5) is 17.1 Å². The largest absolute Gasteiger partial charge is 0.506 e. The molecule has 248 valence electrons. The second kappa shape index (κ2) is 17.8. The zero-order valence-electron chi connectivity index (χ0n) is 27.8. The summed E-state index contributed by atoms with van der Waals surface area (Å²) < 4.78 is 5.60. The number of unbranched alkanes of at least 4 members (excludes halogenated alkanes) is 10. The Balaban J connectivity index is 1.24. The van der Waals surface area contributed by atoms with Crippen molar-refractivity contribution in [3.63, 3.8) is 0 Å². The molecule has 7 heteroatoms. The molecule has 2 N–H and O–H groups in total. The summed E-state index contributed by atoms with van der Waals surface area (Å²) in [6, 6.07) is 29.1. The van der Waals surface area contributed by atoms with Gasteiger partial charge in [-0.1, -0.05) is 144 Å². The summed E-state index contributed by atoms with van der Waals surface area (Å²) in [7, 11) is 0. The third-order valence-electron chi connectivity index (χ3n) is 8.65. The number of nitrogens with one attached hydrogen (secondary N) is 1. The van der Waals surface area contributed by atoms with Crippen LogP contribution in [0.3, 0.4) is 0 Å². The van der Waals surface area contributed by atoms with Gasteiger partial charge in [-0.3, -0.25) is 4.79 Å². The number of fused-ring (bicyclic) bond motifs is 2. The highest BCUT2D eigenvalue weighted by Gasteiger charge is 2.19. The number of aromatic hydroxyl groups is 1. The summed E-state index contributed by atoms with van der Waals surface area (Å²) in [6.45, 7) is 2.61. The van der Waals surface area contributed by atoms with Gasteiger partial charge in [0.2, 0.25) is 0 Å². The van der Waals surface area contributed by atoms with Crippen molar-refractivity contribution in [1.82, 2.24) is 0 Å². The SMILES string of the molecule is CCCCCCCCCCCCCOC(=O)c1ccccc1N=Nc1cc(C(=O)Nc2cccc3ccccc23)c(O)c2ccccc12. The van der Waals surface area contributed by atoms with Crippen molar-refractivity contribution in [2.24, 2.45) is 10.2 Å². The van der Waals surface area contributed by atoms with Crippen molar-refractivity contribution in [2.75, 3.05) is 11.9 Å². The first-order valence-corrected chi connectivity index (χ1v) is 17.3. The van der Waals surface area contributed by atoms with E-state index in [-0.39, 0.29) is 11.3 Å². The number of carbonyl (C=O) groups is 2. The molecule has 0 saturated carbocycles. The summed E-state index contributed by atoms with van der Waals surface area (Å²) in [6.07, 6.45) is 13.5. The molecule has 0 aliphatic carbocycles. The lowest BCUT2D eigenvalue weighted by Gasteiger charge is -2.12. The van der Waals surface area contributed by atoms with Gasteiger partial charge in [0.15, 0.2) is 0 Å². The third kappa shape index (κ3) is 9.06. The molecule has 0 aromatic heterocycles. The maximum absolute atomic E-state index is 13.5. The van der Waals surface area contributed by atoms with E-state index in [9.17, 15) is 14.7 Å². The zero-order chi connectivity index (χ0) is 33.6. The van der Waals surface area contributed by atoms with Crippen LogP contribution >= 0.6 is 0 Å². The average molecular weight is 644 g/mol. The number of esters is 1. The van der Waals surface area contributed by atoms with E-state index in [4.69, 9.17) is 4.74 Å². The van der Waals surface area contributed by atoms with Gasteiger partial charge < -0.3 is 15.2 Å². The van der Waals surface area contributed by atoms with Crippen molar-refractivity contribution in [3.05, 3.63) is 108 Å². The quantitative estimate of drug-likeness (QED) is 0.0598. The molecule has 0 fully saturated rings. The number of phenolic OH excluding ortho intramolecular Hbond substituents is 1. The number of ether oxygens (including phenoxy) is 1. The molecule has 48 heavy (non-hydrogen) atoms. The first-order chi connectivity index (χ1) is 23.6. The second-order valence-corrected chi connectivity index (χ2v) is 12.2. The summed E-state index contributed by atoms with van der Waals surface area (Å²) >= 11 is 0. The molecule has 0 saturated heterocycles. The molecule has 0 unspecified atom stereocenters. The molecule has 0 radical (unpaired) electrons. The fourth-order valence-corrected chi connectivity index (χ4v) is 5.97. The third-order valence-corrected chi connectivity index (χ3v) is 8.65. The number of azo groups is 1. The predicted octanol–water partition coefficient (Wildman–Crippen LogP) is 11.8. The van der Waals surface area contributed by atoms with Crippen LogP contribution in [0.5, 0.6) is 5.75 Å². The summed E-state index contributed by atoms with van der Waals surface area (Å²) in [5, 5.41) is 26.0. The van der Waals surface area contributed by atoms with E-state index in [1.807, 2.05) is 54.6 Å². The van der Waals surface area contributed by atoms with Crippen LogP contribution in [0.1, 0.15) is 98.3 Å². The normalized spacial score (nSPS) is 11.4. The minimum Gasteiger partial charge on any atom is -0.506 e. The summed E-state index contributed by atoms with van der Waals surface area (Å²) in [5.41, 5.74) is 1.77. The molecule has 5 aromatic carbocycles. The van der Waals surface area contributed by atoms with Crippen LogP contribution in [-0.4, -0.2) is 23.6 Å². The first kappa shape index (κ1) is 34.3. The number of hydrogen-bond acceptors (Lipinski definition) is 6. The van der Waals surface area contributed by atoms with Gasteiger partial charge in [-0.2, -0.15) is 0 Å². The van der Waals surface area contributed by atoms with Crippen molar-refractivity contribution >= 4 is 50.5 Å². The number of carbonyl (C=O) groups excluding carboxylic acids is 2. The van der Waals surface area contributed by atoms with Gasteiger partial charge in [-0.25, -0.2) is 4.79 Å². The highest BCUT2D eigenvalue weighted by molar-refractivity contribution is 6.14. The predicted molar refractivity (Wildman–Crippen MR) is 195 cm³/mol.